The average Bonchev–Trinajstić information content (AvgIpc) is 2.27. The molecule has 18 heavy (non-hydrogen) atoms. The van der Waals surface area contributed by atoms with Crippen molar-refractivity contribution in [2.45, 2.75) is 37.7 Å². The van der Waals surface area contributed by atoms with E-state index in [4.69, 9.17) is 0 Å². The Kier molecular flexibility index (Phi) is 3.61. The van der Waals surface area contributed by atoms with E-state index < -0.39 is 23.7 Å². The van der Waals surface area contributed by atoms with Crippen LogP contribution in [0.2, 0.25) is 0 Å². The second kappa shape index (κ2) is 4.88. The molecule has 1 aliphatic rings. The Balaban J connectivity index is 2.09. The van der Waals surface area contributed by atoms with Gasteiger partial charge >= 0.3 is 0 Å². The molecule has 100 valence electrons. The number of benzene rings is 1. The lowest BCUT2D eigenvalue weighted by Crippen LogP contribution is -2.27. The first kappa shape index (κ1) is 13.3. The van der Waals surface area contributed by atoms with Crippen LogP contribution in [0.5, 0.6) is 0 Å². The fourth-order valence-electron chi connectivity index (χ4n) is 2.40. The Morgan fingerprint density at radius 2 is 1.56 bits per heavy atom. The zero-order valence-corrected chi connectivity index (χ0v) is 9.67. The molecule has 1 atom stereocenters. The fourth-order valence-corrected chi connectivity index (χ4v) is 2.40. The van der Waals surface area contributed by atoms with Crippen LogP contribution in [0.4, 0.5) is 17.6 Å². The maximum absolute atomic E-state index is 13.0. The first-order valence-electron chi connectivity index (χ1n) is 5.89. The highest BCUT2D eigenvalue weighted by atomic mass is 19.3. The van der Waals surface area contributed by atoms with E-state index >= 15 is 0 Å². The molecule has 1 aromatic rings. The summed E-state index contributed by atoms with van der Waals surface area (Å²) >= 11 is 0. The number of halogens is 4. The number of hydrogen-bond acceptors (Lipinski definition) is 1. The van der Waals surface area contributed by atoms with Gasteiger partial charge < -0.3 is 5.11 Å². The highest BCUT2D eigenvalue weighted by Crippen LogP contribution is 2.41. The van der Waals surface area contributed by atoms with Crippen LogP contribution in [0.3, 0.4) is 0 Å². The predicted molar refractivity (Wildman–Crippen MR) is 58.2 cm³/mol. The minimum Gasteiger partial charge on any atom is -0.388 e. The molecule has 0 amide bonds. The number of alkyl halides is 2. The van der Waals surface area contributed by atoms with E-state index in [1.54, 1.807) is 0 Å². The second-order valence-electron chi connectivity index (χ2n) is 4.84. The van der Waals surface area contributed by atoms with Gasteiger partial charge in [-0.25, -0.2) is 17.6 Å². The summed E-state index contributed by atoms with van der Waals surface area (Å²) in [5.74, 6) is -4.59. The SMILES string of the molecule is OC(c1cc(F)cc(F)c1)C1CCC(F)(F)CC1. The molecule has 5 heteroatoms. The van der Waals surface area contributed by atoms with E-state index in [1.807, 2.05) is 0 Å². The van der Waals surface area contributed by atoms with Crippen LogP contribution < -0.4 is 0 Å². The van der Waals surface area contributed by atoms with Crippen LogP contribution in [0.1, 0.15) is 37.4 Å². The van der Waals surface area contributed by atoms with Crippen molar-refractivity contribution >= 4 is 0 Å². The van der Waals surface area contributed by atoms with Crippen LogP contribution in [0.15, 0.2) is 18.2 Å². The Hall–Kier alpha value is -1.10. The molecule has 1 aromatic carbocycles. The van der Waals surface area contributed by atoms with Gasteiger partial charge in [-0.05, 0) is 36.5 Å². The molecular formula is C13H14F4O. The fraction of sp³-hybridized carbons (Fsp3) is 0.538. The van der Waals surface area contributed by atoms with E-state index in [9.17, 15) is 22.7 Å². The minimum atomic E-state index is -2.68. The molecular weight excluding hydrogens is 248 g/mol. The summed E-state index contributed by atoms with van der Waals surface area (Å²) < 4.78 is 52.0. The van der Waals surface area contributed by atoms with Crippen molar-refractivity contribution in [1.82, 2.24) is 0 Å². The summed E-state index contributed by atoms with van der Waals surface area (Å²) in [6.45, 7) is 0. The summed E-state index contributed by atoms with van der Waals surface area (Å²) in [4.78, 5) is 0. The minimum absolute atomic E-state index is 0.114. The summed E-state index contributed by atoms with van der Waals surface area (Å²) in [5, 5.41) is 9.99. The topological polar surface area (TPSA) is 20.2 Å². The predicted octanol–water partition coefficient (Wildman–Crippen LogP) is 3.82. The molecule has 1 nitrogen and oxygen atoms in total. The lowest BCUT2D eigenvalue weighted by Gasteiger charge is -2.31. The maximum atomic E-state index is 13.0. The standard InChI is InChI=1S/C13H14F4O/c14-10-5-9(6-11(15)7-10)12(18)8-1-3-13(16,17)4-2-8/h5-8,12,18H,1-4H2. The number of hydrogen-bond donors (Lipinski definition) is 1. The number of aliphatic hydroxyl groups excluding tert-OH is 1. The highest BCUT2D eigenvalue weighted by molar-refractivity contribution is 5.21. The van der Waals surface area contributed by atoms with Gasteiger partial charge in [0, 0.05) is 18.9 Å². The zero-order chi connectivity index (χ0) is 13.3. The van der Waals surface area contributed by atoms with Gasteiger partial charge in [-0.15, -0.1) is 0 Å². The maximum Gasteiger partial charge on any atom is 0.248 e. The Morgan fingerprint density at radius 1 is 1.06 bits per heavy atom. The van der Waals surface area contributed by atoms with Gasteiger partial charge in [-0.2, -0.15) is 0 Å². The van der Waals surface area contributed by atoms with Crippen LogP contribution in [0, 0.1) is 17.6 Å². The van der Waals surface area contributed by atoms with Crippen molar-refractivity contribution in [2.24, 2.45) is 5.92 Å². The molecule has 0 bridgehead atoms. The van der Waals surface area contributed by atoms with Gasteiger partial charge in [0.05, 0.1) is 6.10 Å². The first-order chi connectivity index (χ1) is 8.37. The van der Waals surface area contributed by atoms with Crippen LogP contribution in [-0.2, 0) is 0 Å². The van der Waals surface area contributed by atoms with Crippen molar-refractivity contribution in [3.05, 3.63) is 35.4 Å². The van der Waals surface area contributed by atoms with Crippen molar-refractivity contribution in [3.63, 3.8) is 0 Å². The monoisotopic (exact) mass is 262 g/mol. The third kappa shape index (κ3) is 3.02. The average molecular weight is 262 g/mol. The lowest BCUT2D eigenvalue weighted by molar-refractivity contribution is -0.0627. The van der Waals surface area contributed by atoms with Crippen molar-refractivity contribution in [1.29, 1.82) is 0 Å². The highest BCUT2D eigenvalue weighted by Gasteiger charge is 2.37. The van der Waals surface area contributed by atoms with E-state index in [2.05, 4.69) is 0 Å². The first-order valence-corrected chi connectivity index (χ1v) is 5.89. The van der Waals surface area contributed by atoms with E-state index in [-0.39, 0.29) is 37.2 Å². The smallest absolute Gasteiger partial charge is 0.248 e. The Bertz CT molecular complexity index is 403. The van der Waals surface area contributed by atoms with E-state index in [0.717, 1.165) is 12.1 Å². The summed E-state index contributed by atoms with van der Waals surface area (Å²) in [7, 11) is 0. The van der Waals surface area contributed by atoms with Crippen LogP contribution >= 0.6 is 0 Å². The number of rotatable bonds is 2. The number of aliphatic hydroxyl groups is 1. The molecule has 1 N–H and O–H groups in total. The normalized spacial score (nSPS) is 21.8. The molecule has 0 aliphatic heterocycles. The Morgan fingerprint density at radius 3 is 2.06 bits per heavy atom. The van der Waals surface area contributed by atoms with E-state index in [1.165, 1.54) is 0 Å². The largest absolute Gasteiger partial charge is 0.388 e. The van der Waals surface area contributed by atoms with Gasteiger partial charge in [-0.1, -0.05) is 0 Å². The Labute approximate surface area is 102 Å². The molecule has 1 saturated carbocycles. The van der Waals surface area contributed by atoms with Gasteiger partial charge in [0.25, 0.3) is 0 Å². The van der Waals surface area contributed by atoms with E-state index in [0.29, 0.717) is 6.07 Å². The van der Waals surface area contributed by atoms with Crippen molar-refractivity contribution in [2.75, 3.05) is 0 Å². The molecule has 1 fully saturated rings. The summed E-state index contributed by atoms with van der Waals surface area (Å²) in [5.41, 5.74) is 0.114. The van der Waals surface area contributed by atoms with Crippen molar-refractivity contribution in [3.8, 4) is 0 Å². The molecule has 1 unspecified atom stereocenters. The molecule has 0 spiro atoms. The molecule has 2 rings (SSSR count). The van der Waals surface area contributed by atoms with Gasteiger partial charge in [0.15, 0.2) is 0 Å². The summed E-state index contributed by atoms with van der Waals surface area (Å²) in [6.07, 6.45) is -1.34. The van der Waals surface area contributed by atoms with Crippen LogP contribution in [0.25, 0.3) is 0 Å². The van der Waals surface area contributed by atoms with Crippen LogP contribution in [-0.4, -0.2) is 11.0 Å². The molecule has 0 radical (unpaired) electrons. The third-order valence-electron chi connectivity index (χ3n) is 3.43. The quantitative estimate of drug-likeness (QED) is 0.803. The van der Waals surface area contributed by atoms with Crippen molar-refractivity contribution < 1.29 is 22.7 Å². The molecule has 0 heterocycles. The lowest BCUT2D eigenvalue weighted by atomic mass is 9.81. The molecule has 1 aliphatic carbocycles. The third-order valence-corrected chi connectivity index (χ3v) is 3.43. The second-order valence-corrected chi connectivity index (χ2v) is 4.84. The van der Waals surface area contributed by atoms with Gasteiger partial charge in [0.2, 0.25) is 5.92 Å². The molecule has 0 saturated heterocycles. The zero-order valence-electron chi connectivity index (χ0n) is 9.67. The van der Waals surface area contributed by atoms with Gasteiger partial charge in [0.1, 0.15) is 11.6 Å². The summed E-state index contributed by atoms with van der Waals surface area (Å²) in [6, 6.07) is 2.80. The molecule has 0 aromatic heterocycles. The van der Waals surface area contributed by atoms with Gasteiger partial charge in [-0.3, -0.25) is 0 Å².